The average molecular weight is 348 g/mol. The Morgan fingerprint density at radius 3 is 2.40 bits per heavy atom. The van der Waals surface area contributed by atoms with Crippen LogP contribution in [-0.4, -0.2) is 61.0 Å². The summed E-state index contributed by atoms with van der Waals surface area (Å²) in [5.41, 5.74) is 0.314. The fraction of sp³-hybridized carbons (Fsp3) is 0.632. The summed E-state index contributed by atoms with van der Waals surface area (Å²) in [5.74, 6) is 0.863. The molecule has 0 spiro atoms. The molecule has 1 aromatic carbocycles. The number of ether oxygens (including phenoxy) is 2. The maximum Gasteiger partial charge on any atom is 0.248 e. The lowest BCUT2D eigenvalue weighted by atomic mass is 9.80. The highest BCUT2D eigenvalue weighted by Crippen LogP contribution is 2.35. The van der Waals surface area contributed by atoms with Crippen LogP contribution in [0.5, 0.6) is 5.75 Å². The molecule has 6 nitrogen and oxygen atoms in total. The van der Waals surface area contributed by atoms with Gasteiger partial charge in [-0.05, 0) is 37.1 Å². The summed E-state index contributed by atoms with van der Waals surface area (Å²) < 4.78 is 10.5. The molecule has 2 fully saturated rings. The maximum atomic E-state index is 13.3. The lowest BCUT2D eigenvalue weighted by Gasteiger charge is -2.40. The minimum atomic E-state index is -0.615. The van der Waals surface area contributed by atoms with E-state index < -0.39 is 11.6 Å². The summed E-state index contributed by atoms with van der Waals surface area (Å²) in [6.07, 6.45) is 3.91. The summed E-state index contributed by atoms with van der Waals surface area (Å²) in [5, 5.41) is 13.6. The fourth-order valence-corrected chi connectivity index (χ4v) is 3.96. The Morgan fingerprint density at radius 1 is 1.16 bits per heavy atom. The number of anilines is 1. The second-order valence-corrected chi connectivity index (χ2v) is 7.05. The molecule has 1 aliphatic carbocycles. The van der Waals surface area contributed by atoms with Crippen molar-refractivity contribution in [2.45, 2.75) is 49.9 Å². The van der Waals surface area contributed by atoms with Crippen LogP contribution < -0.4 is 10.1 Å². The van der Waals surface area contributed by atoms with Crippen molar-refractivity contribution >= 4 is 11.6 Å². The largest absolute Gasteiger partial charge is 0.497 e. The van der Waals surface area contributed by atoms with E-state index in [0.29, 0.717) is 13.1 Å². The average Bonchev–Trinajstić information content (AvgIpc) is 3.03. The van der Waals surface area contributed by atoms with Gasteiger partial charge in [0.2, 0.25) is 5.91 Å². The van der Waals surface area contributed by atoms with E-state index in [9.17, 15) is 9.90 Å². The van der Waals surface area contributed by atoms with Gasteiger partial charge in [0.25, 0.3) is 0 Å². The second kappa shape index (κ2) is 7.62. The Hall–Kier alpha value is -1.79. The predicted octanol–water partition coefficient (Wildman–Crippen LogP) is 2.03. The number of aliphatic hydroxyl groups excluding tert-OH is 1. The number of likely N-dealkylation sites (tertiary alicyclic amines) is 1. The third-order valence-electron chi connectivity index (χ3n) is 5.42. The summed E-state index contributed by atoms with van der Waals surface area (Å²) in [6, 6.07) is 7.67. The van der Waals surface area contributed by atoms with Crippen LogP contribution in [0.1, 0.15) is 32.1 Å². The Labute approximate surface area is 149 Å². The van der Waals surface area contributed by atoms with Gasteiger partial charge in [-0.1, -0.05) is 19.3 Å². The zero-order valence-electron chi connectivity index (χ0n) is 15.0. The van der Waals surface area contributed by atoms with Crippen LogP contribution in [0.15, 0.2) is 24.3 Å². The van der Waals surface area contributed by atoms with Crippen LogP contribution in [0, 0.1) is 0 Å². The van der Waals surface area contributed by atoms with Crippen molar-refractivity contribution in [3.8, 4) is 5.75 Å². The molecule has 2 atom stereocenters. The highest BCUT2D eigenvalue weighted by atomic mass is 16.5. The minimum Gasteiger partial charge on any atom is -0.497 e. The highest BCUT2D eigenvalue weighted by molar-refractivity contribution is 5.90. The molecule has 2 N–H and O–H groups in total. The molecule has 0 aromatic heterocycles. The van der Waals surface area contributed by atoms with Gasteiger partial charge in [-0.3, -0.25) is 4.79 Å². The van der Waals surface area contributed by atoms with Crippen LogP contribution in [-0.2, 0) is 9.53 Å². The topological polar surface area (TPSA) is 71.0 Å². The molecular formula is C19H28N2O4. The number of β-amino-alcohol motifs (C(OH)–C–C–N with tert-alkyl or cyclic N) is 1. The van der Waals surface area contributed by atoms with E-state index in [2.05, 4.69) is 5.32 Å². The number of carbonyl (C=O) groups is 1. The fourth-order valence-electron chi connectivity index (χ4n) is 3.96. The molecule has 138 valence electrons. The normalized spacial score (nSPS) is 25.6. The molecule has 3 rings (SSSR count). The van der Waals surface area contributed by atoms with Gasteiger partial charge < -0.3 is 24.8 Å². The van der Waals surface area contributed by atoms with Crippen LogP contribution in [0.25, 0.3) is 0 Å². The molecule has 2 aliphatic rings. The standard InChI is InChI=1S/C19H28N2O4/c1-24-15-8-6-14(7-9-15)20-19(10-4-3-5-11-19)18(23)21-12-16(22)17(13-21)25-2/h6-9,16-17,20,22H,3-5,10-13H2,1-2H3/t16-,17-/m0/s1. The number of carbonyl (C=O) groups excluding carboxylic acids is 1. The molecule has 1 amide bonds. The first-order valence-electron chi connectivity index (χ1n) is 9.00. The SMILES string of the molecule is COc1ccc(NC2(C(=O)N3C[C@H](OC)[C@@H](O)C3)CCCCC2)cc1. The molecule has 1 saturated heterocycles. The highest BCUT2D eigenvalue weighted by Gasteiger charge is 2.45. The van der Waals surface area contributed by atoms with Crippen molar-refractivity contribution in [3.05, 3.63) is 24.3 Å². The van der Waals surface area contributed by atoms with E-state index in [1.165, 1.54) is 0 Å². The van der Waals surface area contributed by atoms with Gasteiger partial charge in [0.1, 0.15) is 17.4 Å². The van der Waals surface area contributed by atoms with Gasteiger partial charge in [-0.25, -0.2) is 0 Å². The molecule has 0 bridgehead atoms. The lowest BCUT2D eigenvalue weighted by molar-refractivity contribution is -0.136. The smallest absolute Gasteiger partial charge is 0.248 e. The molecule has 1 saturated carbocycles. The summed E-state index contributed by atoms with van der Waals surface area (Å²) in [7, 11) is 3.22. The van der Waals surface area contributed by atoms with Crippen molar-refractivity contribution in [3.63, 3.8) is 0 Å². The Bertz CT molecular complexity index is 584. The monoisotopic (exact) mass is 348 g/mol. The van der Waals surface area contributed by atoms with Crippen molar-refractivity contribution in [2.24, 2.45) is 0 Å². The zero-order chi connectivity index (χ0) is 17.9. The van der Waals surface area contributed by atoms with Crippen LogP contribution in [0.2, 0.25) is 0 Å². The lowest BCUT2D eigenvalue weighted by Crippen LogP contribution is -2.54. The number of nitrogens with zero attached hydrogens (tertiary/aromatic N) is 1. The van der Waals surface area contributed by atoms with E-state index in [-0.39, 0.29) is 12.0 Å². The molecule has 6 heteroatoms. The summed E-state index contributed by atoms with van der Waals surface area (Å²) >= 11 is 0. The van der Waals surface area contributed by atoms with Gasteiger partial charge in [-0.2, -0.15) is 0 Å². The third-order valence-corrected chi connectivity index (χ3v) is 5.42. The van der Waals surface area contributed by atoms with Crippen molar-refractivity contribution in [1.29, 1.82) is 0 Å². The summed E-state index contributed by atoms with van der Waals surface area (Å²) in [6.45, 7) is 0.784. The first-order valence-corrected chi connectivity index (χ1v) is 9.00. The number of hydrogen-bond donors (Lipinski definition) is 2. The quantitative estimate of drug-likeness (QED) is 0.852. The van der Waals surface area contributed by atoms with E-state index in [1.807, 2.05) is 24.3 Å². The van der Waals surface area contributed by atoms with Gasteiger partial charge in [-0.15, -0.1) is 0 Å². The first kappa shape index (κ1) is 18.0. The van der Waals surface area contributed by atoms with Crippen molar-refractivity contribution in [2.75, 3.05) is 32.6 Å². The molecule has 1 heterocycles. The van der Waals surface area contributed by atoms with E-state index in [1.54, 1.807) is 19.1 Å². The minimum absolute atomic E-state index is 0.0709. The first-order chi connectivity index (χ1) is 12.1. The number of aliphatic hydroxyl groups is 1. The predicted molar refractivity (Wildman–Crippen MR) is 95.8 cm³/mol. The van der Waals surface area contributed by atoms with Crippen LogP contribution in [0.3, 0.4) is 0 Å². The molecule has 0 radical (unpaired) electrons. The molecule has 1 aromatic rings. The Kier molecular flexibility index (Phi) is 5.49. The van der Waals surface area contributed by atoms with Gasteiger partial charge in [0, 0.05) is 25.9 Å². The molecule has 0 unspecified atom stereocenters. The Morgan fingerprint density at radius 2 is 1.84 bits per heavy atom. The number of methoxy groups -OCH3 is 2. The van der Waals surface area contributed by atoms with Crippen LogP contribution >= 0.6 is 0 Å². The number of rotatable bonds is 5. The Balaban J connectivity index is 1.79. The van der Waals surface area contributed by atoms with Crippen molar-refractivity contribution in [1.82, 2.24) is 4.90 Å². The van der Waals surface area contributed by atoms with E-state index in [4.69, 9.17) is 9.47 Å². The number of amides is 1. The second-order valence-electron chi connectivity index (χ2n) is 7.05. The van der Waals surface area contributed by atoms with E-state index in [0.717, 1.165) is 43.5 Å². The maximum absolute atomic E-state index is 13.3. The van der Waals surface area contributed by atoms with Crippen molar-refractivity contribution < 1.29 is 19.4 Å². The number of hydrogen-bond acceptors (Lipinski definition) is 5. The number of nitrogens with one attached hydrogen (secondary N) is 1. The molecule has 1 aliphatic heterocycles. The van der Waals surface area contributed by atoms with Gasteiger partial charge in [0.05, 0.1) is 13.2 Å². The van der Waals surface area contributed by atoms with Gasteiger partial charge >= 0.3 is 0 Å². The van der Waals surface area contributed by atoms with E-state index >= 15 is 0 Å². The number of benzene rings is 1. The molecule has 25 heavy (non-hydrogen) atoms. The molecular weight excluding hydrogens is 320 g/mol. The van der Waals surface area contributed by atoms with Gasteiger partial charge in [0.15, 0.2) is 0 Å². The summed E-state index contributed by atoms with van der Waals surface area (Å²) in [4.78, 5) is 15.1. The van der Waals surface area contributed by atoms with Crippen LogP contribution in [0.4, 0.5) is 5.69 Å². The third kappa shape index (κ3) is 3.75. The zero-order valence-corrected chi connectivity index (χ0v) is 15.0.